The third-order valence-corrected chi connectivity index (χ3v) is 10.7. The number of hydrogen-bond donors (Lipinski definition) is 2. The Morgan fingerprint density at radius 3 is 2.40 bits per heavy atom. The highest BCUT2D eigenvalue weighted by molar-refractivity contribution is 7.89. The van der Waals surface area contributed by atoms with Crippen LogP contribution in [-0.4, -0.2) is 104 Å². The van der Waals surface area contributed by atoms with Gasteiger partial charge in [-0.1, -0.05) is 11.6 Å². The van der Waals surface area contributed by atoms with E-state index in [1.54, 1.807) is 31.6 Å². The molecule has 2 saturated heterocycles. The molecule has 2 N–H and O–H groups in total. The van der Waals surface area contributed by atoms with Crippen molar-refractivity contribution in [1.82, 2.24) is 29.7 Å². The molecule has 0 spiro atoms. The number of piperazine rings is 1. The van der Waals surface area contributed by atoms with Crippen LogP contribution in [0, 0.1) is 0 Å². The monoisotopic (exact) mass is 691 g/mol. The van der Waals surface area contributed by atoms with E-state index in [0.717, 1.165) is 45.0 Å². The Labute approximate surface area is 286 Å². The number of methoxy groups -OCH3 is 1. The van der Waals surface area contributed by atoms with Crippen LogP contribution in [-0.2, 0) is 15.6 Å². The highest BCUT2D eigenvalue weighted by Crippen LogP contribution is 2.48. The topological polar surface area (TPSA) is 129 Å². The molecule has 4 heterocycles. The summed E-state index contributed by atoms with van der Waals surface area (Å²) in [7, 11) is 0.508. The number of halogens is 1. The maximum atomic E-state index is 12.4. The second-order valence-corrected chi connectivity index (χ2v) is 15.7. The molecule has 2 aromatic heterocycles. The summed E-state index contributed by atoms with van der Waals surface area (Å²) in [5, 5.41) is 6.89. The zero-order chi connectivity index (χ0) is 33.4. The number of sulfone groups is 1. The van der Waals surface area contributed by atoms with Gasteiger partial charge in [0.05, 0.1) is 35.8 Å². The summed E-state index contributed by atoms with van der Waals surface area (Å²) < 4.78 is 30.7. The van der Waals surface area contributed by atoms with E-state index in [9.17, 15) is 8.42 Å². The molecule has 1 aliphatic carbocycles. The van der Waals surface area contributed by atoms with Crippen molar-refractivity contribution < 1.29 is 13.2 Å². The van der Waals surface area contributed by atoms with E-state index in [1.807, 2.05) is 0 Å². The molecule has 7 rings (SSSR count). The lowest BCUT2D eigenvalue weighted by molar-refractivity contribution is 0.0982. The fourth-order valence-corrected chi connectivity index (χ4v) is 7.84. The van der Waals surface area contributed by atoms with E-state index in [1.165, 1.54) is 49.4 Å². The third-order valence-electron chi connectivity index (χ3n) is 9.62. The first kappa shape index (κ1) is 32.8. The average Bonchev–Trinajstić information content (AvgIpc) is 3.93. The predicted molar refractivity (Wildman–Crippen MR) is 191 cm³/mol. The summed E-state index contributed by atoms with van der Waals surface area (Å²) in [5.41, 5.74) is 5.47. The van der Waals surface area contributed by atoms with Crippen molar-refractivity contribution in [3.63, 3.8) is 0 Å². The summed E-state index contributed by atoms with van der Waals surface area (Å²) in [6.45, 7) is 6.68. The lowest BCUT2D eigenvalue weighted by Crippen LogP contribution is -2.52. The molecular weight excluding hydrogens is 650 g/mol. The Balaban J connectivity index is 1.13. The van der Waals surface area contributed by atoms with Gasteiger partial charge in [0.1, 0.15) is 10.8 Å². The van der Waals surface area contributed by atoms with E-state index in [4.69, 9.17) is 21.3 Å². The van der Waals surface area contributed by atoms with E-state index in [-0.39, 0.29) is 10.8 Å². The Kier molecular flexibility index (Phi) is 9.29. The van der Waals surface area contributed by atoms with Crippen molar-refractivity contribution in [3.05, 3.63) is 59.0 Å². The number of hydrogen-bond acceptors (Lipinski definition) is 12. The van der Waals surface area contributed by atoms with Gasteiger partial charge >= 0.3 is 0 Å². The molecule has 0 amide bonds. The number of ether oxygens (including phenoxy) is 1. The van der Waals surface area contributed by atoms with Gasteiger partial charge in [-0.05, 0) is 62.4 Å². The van der Waals surface area contributed by atoms with E-state index >= 15 is 0 Å². The van der Waals surface area contributed by atoms with Gasteiger partial charge in [-0.2, -0.15) is 4.98 Å². The number of aromatic nitrogens is 4. The van der Waals surface area contributed by atoms with Crippen LogP contribution in [0.25, 0.3) is 11.0 Å². The Morgan fingerprint density at radius 2 is 1.69 bits per heavy atom. The van der Waals surface area contributed by atoms with Crippen LogP contribution in [0.15, 0.2) is 42.9 Å². The number of likely N-dealkylation sites (N-methyl/N-ethyl adjacent to an activating group) is 1. The Morgan fingerprint density at radius 1 is 0.938 bits per heavy atom. The van der Waals surface area contributed by atoms with E-state index < -0.39 is 9.84 Å². The van der Waals surface area contributed by atoms with Crippen molar-refractivity contribution in [2.75, 3.05) is 75.2 Å². The molecule has 0 radical (unpaired) electrons. The van der Waals surface area contributed by atoms with E-state index in [0.29, 0.717) is 51.8 Å². The van der Waals surface area contributed by atoms with Gasteiger partial charge in [0.25, 0.3) is 0 Å². The number of nitrogens with one attached hydrogen (secondary N) is 2. The molecule has 0 bridgehead atoms. The first-order valence-corrected chi connectivity index (χ1v) is 19.0. The van der Waals surface area contributed by atoms with Gasteiger partial charge in [0.2, 0.25) is 5.95 Å². The summed E-state index contributed by atoms with van der Waals surface area (Å²) in [4.78, 5) is 25.5. The molecule has 2 aromatic carbocycles. The van der Waals surface area contributed by atoms with Crippen LogP contribution in [0.5, 0.6) is 5.75 Å². The first-order chi connectivity index (χ1) is 23.1. The van der Waals surface area contributed by atoms with Gasteiger partial charge in [0, 0.05) is 87.0 Å². The van der Waals surface area contributed by atoms with Crippen molar-refractivity contribution in [3.8, 4) is 5.75 Å². The minimum atomic E-state index is -3.38. The normalized spacial score (nSPS) is 18.3. The van der Waals surface area contributed by atoms with Crippen LogP contribution in [0.3, 0.4) is 0 Å². The number of benzene rings is 2. The first-order valence-electron chi connectivity index (χ1n) is 16.5. The van der Waals surface area contributed by atoms with Gasteiger partial charge in [-0.3, -0.25) is 14.9 Å². The second kappa shape index (κ2) is 13.6. The molecule has 3 fully saturated rings. The molecule has 0 atom stereocenters. The average molecular weight is 692 g/mol. The quantitative estimate of drug-likeness (QED) is 0.227. The molecule has 254 valence electrons. The summed E-state index contributed by atoms with van der Waals surface area (Å²) in [5.74, 6) is 1.67. The number of anilines is 5. The van der Waals surface area contributed by atoms with Crippen molar-refractivity contribution in [1.29, 1.82) is 0 Å². The number of rotatable bonds is 10. The minimum absolute atomic E-state index is 0.222. The lowest BCUT2D eigenvalue weighted by atomic mass is 9.99. The molecule has 14 heteroatoms. The van der Waals surface area contributed by atoms with Crippen molar-refractivity contribution >= 4 is 61.3 Å². The second-order valence-electron chi connectivity index (χ2n) is 13.2. The Bertz CT molecular complexity index is 1910. The smallest absolute Gasteiger partial charge is 0.229 e. The zero-order valence-corrected chi connectivity index (χ0v) is 29.2. The summed E-state index contributed by atoms with van der Waals surface area (Å²) >= 11 is 6.56. The molecule has 1 saturated carbocycles. The van der Waals surface area contributed by atoms with Gasteiger partial charge in [0.15, 0.2) is 15.7 Å². The highest BCUT2D eigenvalue weighted by Gasteiger charge is 2.32. The molecule has 0 unspecified atom stereocenters. The molecule has 3 aliphatic rings. The fraction of sp³-hybridized carbons (Fsp3) is 0.471. The molecule has 48 heavy (non-hydrogen) atoms. The van der Waals surface area contributed by atoms with Gasteiger partial charge in [-0.15, -0.1) is 0 Å². The Hall–Kier alpha value is -3.78. The molecule has 2 aliphatic heterocycles. The van der Waals surface area contributed by atoms with Crippen LogP contribution >= 0.6 is 11.6 Å². The fourth-order valence-electron chi connectivity index (χ4n) is 6.89. The largest absolute Gasteiger partial charge is 0.494 e. The van der Waals surface area contributed by atoms with E-state index in [2.05, 4.69) is 59.5 Å². The summed E-state index contributed by atoms with van der Waals surface area (Å²) in [6, 6.07) is 8.55. The number of fused-ring (bicyclic) bond motifs is 1. The van der Waals surface area contributed by atoms with Crippen LogP contribution in [0.4, 0.5) is 28.8 Å². The van der Waals surface area contributed by atoms with Crippen LogP contribution < -0.4 is 20.3 Å². The maximum absolute atomic E-state index is 12.4. The standard InChI is InChI=1S/C34H42ClN9O3S/c1-42-14-16-43(17-15-42)23-8-12-44(13-9-23)30-19-31(47-2)29(18-24(30)22-4-5-22)40-34-38-20-26(35)33(41-34)39-27-6-7-28-32(37-11-10-36-28)25(27)21-48(3,45)46/h6-7,10-11,18-20,22-23H,4-5,8-9,12-17,21H2,1-3H3,(H2,38,39,40,41). The van der Waals surface area contributed by atoms with Gasteiger partial charge < -0.3 is 25.2 Å². The zero-order valence-electron chi connectivity index (χ0n) is 27.6. The molecule has 4 aromatic rings. The van der Waals surface area contributed by atoms with Crippen LogP contribution in [0.2, 0.25) is 5.02 Å². The predicted octanol–water partition coefficient (Wildman–Crippen LogP) is 5.21. The SMILES string of the molecule is COc1cc(N2CCC(N3CCN(C)CC3)CC2)c(C2CC2)cc1Nc1ncc(Cl)c(Nc2ccc3nccnc3c2CS(C)(=O)=O)n1. The highest BCUT2D eigenvalue weighted by atomic mass is 35.5. The molecular formula is C34H42ClN9O3S. The number of piperidine rings is 1. The molecule has 12 nitrogen and oxygen atoms in total. The number of nitrogens with zero attached hydrogens (tertiary/aromatic N) is 7. The van der Waals surface area contributed by atoms with Gasteiger partial charge in [-0.25, -0.2) is 13.4 Å². The van der Waals surface area contributed by atoms with Crippen molar-refractivity contribution in [2.45, 2.75) is 43.4 Å². The lowest BCUT2D eigenvalue weighted by Gasteiger charge is -2.43. The van der Waals surface area contributed by atoms with Crippen LogP contribution in [0.1, 0.15) is 42.7 Å². The minimum Gasteiger partial charge on any atom is -0.494 e. The van der Waals surface area contributed by atoms with Crippen molar-refractivity contribution in [2.24, 2.45) is 0 Å². The maximum Gasteiger partial charge on any atom is 0.229 e. The third kappa shape index (κ3) is 7.29. The summed E-state index contributed by atoms with van der Waals surface area (Å²) in [6.07, 6.45) is 10.5.